The first kappa shape index (κ1) is 17.1. The van der Waals surface area contributed by atoms with Crippen LogP contribution in [0.4, 0.5) is 0 Å². The van der Waals surface area contributed by atoms with Gasteiger partial charge in [-0.3, -0.25) is 4.79 Å². The molecule has 1 saturated heterocycles. The van der Waals surface area contributed by atoms with E-state index in [1.54, 1.807) is 17.8 Å². The molecule has 1 aromatic carbocycles. The first-order valence-corrected chi connectivity index (χ1v) is 9.68. The monoisotopic (exact) mass is 345 g/mol. The average Bonchev–Trinajstić information content (AvgIpc) is 3.09. The molecule has 1 aromatic heterocycles. The molecule has 2 aromatic rings. The number of hydrogen-bond acceptors (Lipinski definition) is 4. The third-order valence-electron chi connectivity index (χ3n) is 4.18. The molecule has 0 N–H and O–H groups in total. The van der Waals surface area contributed by atoms with Crippen LogP contribution in [0.2, 0.25) is 0 Å². The van der Waals surface area contributed by atoms with Crippen molar-refractivity contribution in [2.24, 2.45) is 0 Å². The fourth-order valence-corrected chi connectivity index (χ4v) is 3.36. The van der Waals surface area contributed by atoms with Crippen LogP contribution in [-0.2, 0) is 16.9 Å². The van der Waals surface area contributed by atoms with Crippen LogP contribution >= 0.6 is 11.8 Å². The lowest BCUT2D eigenvalue weighted by atomic mass is 10.1. The second-order valence-corrected chi connectivity index (χ2v) is 6.83. The van der Waals surface area contributed by atoms with E-state index in [2.05, 4.69) is 24.3 Å². The summed E-state index contributed by atoms with van der Waals surface area (Å²) in [7, 11) is 0. The summed E-state index contributed by atoms with van der Waals surface area (Å²) in [6, 6.07) is 14.0. The van der Waals surface area contributed by atoms with Crippen LogP contribution in [0, 0.1) is 0 Å². The SMILES string of the molecule is CSCc1ccc(C(=O)N2CCO[C@@H](CCc3ccccc3)C2)o1. The third-order valence-corrected chi connectivity index (χ3v) is 4.76. The summed E-state index contributed by atoms with van der Waals surface area (Å²) in [6.07, 6.45) is 3.99. The van der Waals surface area contributed by atoms with Gasteiger partial charge < -0.3 is 14.1 Å². The van der Waals surface area contributed by atoms with Gasteiger partial charge >= 0.3 is 0 Å². The van der Waals surface area contributed by atoms with Crippen LogP contribution < -0.4 is 0 Å². The molecule has 128 valence electrons. The molecule has 3 rings (SSSR count). The van der Waals surface area contributed by atoms with Gasteiger partial charge in [-0.25, -0.2) is 0 Å². The number of ether oxygens (including phenoxy) is 1. The number of rotatable bonds is 6. The van der Waals surface area contributed by atoms with Crippen LogP contribution in [0.15, 0.2) is 46.9 Å². The summed E-state index contributed by atoms with van der Waals surface area (Å²) < 4.78 is 11.5. The van der Waals surface area contributed by atoms with Crippen molar-refractivity contribution in [3.8, 4) is 0 Å². The number of carbonyl (C=O) groups excluding carboxylic acids is 1. The van der Waals surface area contributed by atoms with Crippen molar-refractivity contribution in [2.45, 2.75) is 24.7 Å². The Kier molecular flexibility index (Phi) is 5.99. The smallest absolute Gasteiger partial charge is 0.289 e. The van der Waals surface area contributed by atoms with Crippen molar-refractivity contribution in [3.63, 3.8) is 0 Å². The number of carbonyl (C=O) groups is 1. The van der Waals surface area contributed by atoms with Gasteiger partial charge in [-0.05, 0) is 36.8 Å². The van der Waals surface area contributed by atoms with Gasteiger partial charge in [0.1, 0.15) is 5.76 Å². The number of thioether (sulfide) groups is 1. The van der Waals surface area contributed by atoms with Gasteiger partial charge in [0, 0.05) is 13.1 Å². The highest BCUT2D eigenvalue weighted by atomic mass is 32.2. The lowest BCUT2D eigenvalue weighted by molar-refractivity contribution is -0.0255. The maximum Gasteiger partial charge on any atom is 0.289 e. The number of furan rings is 1. The Morgan fingerprint density at radius 3 is 2.88 bits per heavy atom. The molecule has 1 aliphatic heterocycles. The fraction of sp³-hybridized carbons (Fsp3) is 0.421. The molecule has 0 spiro atoms. The number of benzene rings is 1. The fourth-order valence-electron chi connectivity index (χ4n) is 2.92. The van der Waals surface area contributed by atoms with E-state index >= 15 is 0 Å². The van der Waals surface area contributed by atoms with Gasteiger partial charge in [-0.2, -0.15) is 11.8 Å². The summed E-state index contributed by atoms with van der Waals surface area (Å²) >= 11 is 1.68. The number of aryl methyl sites for hydroxylation is 1. The lowest BCUT2D eigenvalue weighted by Crippen LogP contribution is -2.45. The highest BCUT2D eigenvalue weighted by Gasteiger charge is 2.26. The maximum atomic E-state index is 12.6. The molecule has 2 heterocycles. The molecule has 1 aliphatic rings. The maximum absolute atomic E-state index is 12.6. The Balaban J connectivity index is 1.55. The predicted molar refractivity (Wildman–Crippen MR) is 96.3 cm³/mol. The van der Waals surface area contributed by atoms with Crippen LogP contribution in [0.5, 0.6) is 0 Å². The van der Waals surface area contributed by atoms with Crippen molar-refractivity contribution < 1.29 is 13.9 Å². The summed E-state index contributed by atoms with van der Waals surface area (Å²) in [5.74, 6) is 2.04. The van der Waals surface area contributed by atoms with Crippen molar-refractivity contribution in [1.82, 2.24) is 4.90 Å². The third kappa shape index (κ3) is 4.42. The zero-order valence-electron chi connectivity index (χ0n) is 13.9. The molecule has 1 atom stereocenters. The van der Waals surface area contributed by atoms with E-state index in [9.17, 15) is 4.79 Å². The largest absolute Gasteiger partial charge is 0.455 e. The molecule has 1 fully saturated rings. The molecule has 5 heteroatoms. The molecule has 0 saturated carbocycles. The summed E-state index contributed by atoms with van der Waals surface area (Å²) in [5, 5.41) is 0. The van der Waals surface area contributed by atoms with Crippen LogP contribution in [0.25, 0.3) is 0 Å². The van der Waals surface area contributed by atoms with Crippen LogP contribution in [0.1, 0.15) is 28.3 Å². The van der Waals surface area contributed by atoms with E-state index in [1.807, 2.05) is 23.3 Å². The van der Waals surface area contributed by atoms with E-state index in [0.717, 1.165) is 24.4 Å². The number of amides is 1. The number of morpholine rings is 1. The Labute approximate surface area is 147 Å². The zero-order valence-corrected chi connectivity index (χ0v) is 14.8. The average molecular weight is 345 g/mol. The highest BCUT2D eigenvalue weighted by Crippen LogP contribution is 2.18. The molecule has 1 amide bonds. The van der Waals surface area contributed by atoms with Crippen molar-refractivity contribution in [2.75, 3.05) is 26.0 Å². The molecule has 0 aliphatic carbocycles. The molecule has 0 bridgehead atoms. The van der Waals surface area contributed by atoms with Gasteiger partial charge in [0.25, 0.3) is 5.91 Å². The summed E-state index contributed by atoms with van der Waals surface area (Å²) in [4.78, 5) is 14.5. The van der Waals surface area contributed by atoms with Gasteiger partial charge in [0.05, 0.1) is 18.5 Å². The molecule has 24 heavy (non-hydrogen) atoms. The van der Waals surface area contributed by atoms with Crippen LogP contribution in [0.3, 0.4) is 0 Å². The topological polar surface area (TPSA) is 42.7 Å². The second kappa shape index (κ2) is 8.40. The van der Waals surface area contributed by atoms with Crippen molar-refractivity contribution in [1.29, 1.82) is 0 Å². The van der Waals surface area contributed by atoms with Gasteiger partial charge in [-0.15, -0.1) is 0 Å². The van der Waals surface area contributed by atoms with E-state index in [-0.39, 0.29) is 12.0 Å². The second-order valence-electron chi connectivity index (χ2n) is 5.97. The van der Waals surface area contributed by atoms with E-state index < -0.39 is 0 Å². The molecular weight excluding hydrogens is 322 g/mol. The predicted octanol–water partition coefficient (Wildman–Crippen LogP) is 3.62. The Morgan fingerprint density at radius 2 is 2.08 bits per heavy atom. The van der Waals surface area contributed by atoms with Crippen molar-refractivity contribution in [3.05, 3.63) is 59.5 Å². The Morgan fingerprint density at radius 1 is 1.25 bits per heavy atom. The standard InChI is InChI=1S/C19H23NO3S/c1-24-14-17-9-10-18(23-17)19(21)20-11-12-22-16(13-20)8-7-15-5-3-2-4-6-15/h2-6,9-10,16H,7-8,11-14H2,1H3/t16-/m0/s1. The van der Waals surface area contributed by atoms with Gasteiger partial charge in [0.15, 0.2) is 5.76 Å². The minimum atomic E-state index is -0.0321. The summed E-state index contributed by atoms with van der Waals surface area (Å²) in [6.45, 7) is 1.84. The first-order valence-electron chi connectivity index (χ1n) is 8.28. The lowest BCUT2D eigenvalue weighted by Gasteiger charge is -2.32. The Hall–Kier alpha value is -1.72. The van der Waals surface area contributed by atoms with Gasteiger partial charge in [-0.1, -0.05) is 30.3 Å². The molecule has 4 nitrogen and oxygen atoms in total. The number of hydrogen-bond donors (Lipinski definition) is 0. The Bertz CT molecular complexity index is 656. The minimum absolute atomic E-state index is 0.0321. The molecule has 0 radical (unpaired) electrons. The molecule has 0 unspecified atom stereocenters. The van der Waals surface area contributed by atoms with Crippen molar-refractivity contribution >= 4 is 17.7 Å². The zero-order chi connectivity index (χ0) is 16.8. The number of nitrogens with zero attached hydrogens (tertiary/aromatic N) is 1. The van der Waals surface area contributed by atoms with E-state index in [1.165, 1.54) is 5.56 Å². The first-order chi connectivity index (χ1) is 11.8. The van der Waals surface area contributed by atoms with E-state index in [0.29, 0.717) is 25.5 Å². The summed E-state index contributed by atoms with van der Waals surface area (Å²) in [5.41, 5.74) is 1.30. The quantitative estimate of drug-likeness (QED) is 0.802. The highest BCUT2D eigenvalue weighted by molar-refractivity contribution is 7.97. The minimum Gasteiger partial charge on any atom is -0.455 e. The van der Waals surface area contributed by atoms with Gasteiger partial charge in [0.2, 0.25) is 0 Å². The molecular formula is C19H23NO3S. The normalized spacial score (nSPS) is 17.9. The van der Waals surface area contributed by atoms with E-state index in [4.69, 9.17) is 9.15 Å². The van der Waals surface area contributed by atoms with Crippen LogP contribution in [-0.4, -0.2) is 42.9 Å².